The van der Waals surface area contributed by atoms with Crippen molar-refractivity contribution >= 4 is 86.6 Å². The van der Waals surface area contributed by atoms with Gasteiger partial charge in [-0.2, -0.15) is 0 Å². The average Bonchev–Trinajstić information content (AvgIpc) is 3.22. The maximum atomic E-state index is 13.5. The molecular formula is C27H17Cl2FN4O3S. The molecule has 2 N–H and O–H groups in total. The third-order valence-corrected chi connectivity index (χ3v) is 6.93. The van der Waals surface area contributed by atoms with Crippen molar-refractivity contribution in [3.63, 3.8) is 0 Å². The van der Waals surface area contributed by atoms with Crippen molar-refractivity contribution in [2.24, 2.45) is 0 Å². The van der Waals surface area contributed by atoms with Crippen LogP contribution >= 0.6 is 35.4 Å². The molecule has 1 aromatic heterocycles. The number of benzene rings is 3. The maximum Gasteiger partial charge on any atom is 0.270 e. The summed E-state index contributed by atoms with van der Waals surface area (Å²) >= 11 is 17.7. The van der Waals surface area contributed by atoms with Crippen LogP contribution in [0.2, 0.25) is 10.0 Å². The van der Waals surface area contributed by atoms with Crippen molar-refractivity contribution in [2.45, 2.75) is 6.54 Å². The van der Waals surface area contributed by atoms with Crippen molar-refractivity contribution in [2.75, 3.05) is 10.2 Å². The lowest BCUT2D eigenvalue weighted by Crippen LogP contribution is -2.54. The van der Waals surface area contributed by atoms with Crippen LogP contribution in [-0.2, 0) is 20.9 Å². The quantitative estimate of drug-likeness (QED) is 0.188. The predicted octanol–water partition coefficient (Wildman–Crippen LogP) is 5.56. The minimum Gasteiger partial charge on any atom is -0.337 e. The number of nitrogens with zero attached hydrogens (tertiary/aromatic N) is 2. The van der Waals surface area contributed by atoms with Crippen LogP contribution in [0.25, 0.3) is 17.0 Å². The fraction of sp³-hybridized carbons (Fsp3) is 0.0370. The Labute approximate surface area is 231 Å². The maximum absolute atomic E-state index is 13.5. The number of carbonyl (C=O) groups is 3. The molecule has 0 unspecified atom stereocenters. The van der Waals surface area contributed by atoms with Crippen molar-refractivity contribution in [3.8, 4) is 0 Å². The zero-order valence-electron chi connectivity index (χ0n) is 19.4. The van der Waals surface area contributed by atoms with Gasteiger partial charge in [-0.05, 0) is 60.8 Å². The van der Waals surface area contributed by atoms with E-state index in [0.29, 0.717) is 16.8 Å². The van der Waals surface area contributed by atoms with Crippen LogP contribution in [0.4, 0.5) is 15.8 Å². The summed E-state index contributed by atoms with van der Waals surface area (Å²) < 4.78 is 14.9. The minimum absolute atomic E-state index is 0.0600. The topological polar surface area (TPSA) is 83.4 Å². The minimum atomic E-state index is -0.672. The van der Waals surface area contributed by atoms with E-state index in [1.54, 1.807) is 29.0 Å². The summed E-state index contributed by atoms with van der Waals surface area (Å²) in [6.07, 6.45) is 3.12. The highest BCUT2D eigenvalue weighted by molar-refractivity contribution is 7.80. The molecule has 2 heterocycles. The summed E-state index contributed by atoms with van der Waals surface area (Å²) in [6.45, 7) is -0.0600. The molecule has 0 spiro atoms. The molecule has 11 heteroatoms. The fourth-order valence-corrected chi connectivity index (χ4v) is 4.76. The van der Waals surface area contributed by atoms with E-state index in [1.807, 2.05) is 24.3 Å². The number of hydrogen-bond donors (Lipinski definition) is 2. The summed E-state index contributed by atoms with van der Waals surface area (Å²) in [5.41, 5.74) is 1.77. The number of rotatable bonds is 5. The Morgan fingerprint density at radius 1 is 1.03 bits per heavy atom. The van der Waals surface area contributed by atoms with Crippen LogP contribution < -0.4 is 15.5 Å². The van der Waals surface area contributed by atoms with Gasteiger partial charge in [0.05, 0.1) is 15.7 Å². The van der Waals surface area contributed by atoms with Crippen LogP contribution in [0, 0.1) is 5.82 Å². The van der Waals surface area contributed by atoms with Crippen LogP contribution in [0.5, 0.6) is 0 Å². The van der Waals surface area contributed by atoms with E-state index in [-0.39, 0.29) is 38.9 Å². The van der Waals surface area contributed by atoms with E-state index in [9.17, 15) is 18.8 Å². The Balaban J connectivity index is 1.49. The molecule has 7 nitrogen and oxygen atoms in total. The second kappa shape index (κ2) is 10.4. The highest BCUT2D eigenvalue weighted by Gasteiger charge is 2.36. The van der Waals surface area contributed by atoms with Gasteiger partial charge < -0.3 is 9.88 Å². The molecule has 0 radical (unpaired) electrons. The van der Waals surface area contributed by atoms with E-state index < -0.39 is 17.6 Å². The second-order valence-electron chi connectivity index (χ2n) is 8.32. The highest BCUT2D eigenvalue weighted by Crippen LogP contribution is 2.35. The lowest BCUT2D eigenvalue weighted by atomic mass is 10.1. The summed E-state index contributed by atoms with van der Waals surface area (Å²) in [5.74, 6) is -2.08. The first-order chi connectivity index (χ1) is 18.2. The number of carbonyl (C=O) groups excluding carboxylic acids is 3. The van der Waals surface area contributed by atoms with Gasteiger partial charge in [0.25, 0.3) is 11.8 Å². The Morgan fingerprint density at radius 3 is 2.53 bits per heavy atom. The Hall–Kier alpha value is -4.05. The van der Waals surface area contributed by atoms with Crippen molar-refractivity contribution in [3.05, 3.63) is 99.9 Å². The van der Waals surface area contributed by atoms with Gasteiger partial charge in [0, 0.05) is 28.4 Å². The number of hydrogen-bond acceptors (Lipinski definition) is 4. The first-order valence-electron chi connectivity index (χ1n) is 11.2. The van der Waals surface area contributed by atoms with E-state index in [2.05, 4.69) is 10.6 Å². The van der Waals surface area contributed by atoms with Gasteiger partial charge in [-0.1, -0.05) is 47.5 Å². The first-order valence-corrected chi connectivity index (χ1v) is 12.4. The van der Waals surface area contributed by atoms with E-state index in [0.717, 1.165) is 10.3 Å². The van der Waals surface area contributed by atoms with E-state index >= 15 is 0 Å². The first kappa shape index (κ1) is 25.6. The summed E-state index contributed by atoms with van der Waals surface area (Å²) in [4.78, 5) is 40.1. The summed E-state index contributed by atoms with van der Waals surface area (Å²) in [6, 6.07) is 17.4. The molecular weight excluding hydrogens is 550 g/mol. The molecule has 1 fully saturated rings. The SMILES string of the molecule is O=C(Cn1cc(/C=C2\C(=O)NC(=S)N(c3cccc(Cl)c3Cl)C2=O)c2ccccc21)Nc1ccc(F)cc1. The van der Waals surface area contributed by atoms with E-state index in [4.69, 9.17) is 35.4 Å². The van der Waals surface area contributed by atoms with Crippen LogP contribution in [0.3, 0.4) is 0 Å². The molecule has 0 aliphatic carbocycles. The molecule has 3 amide bonds. The third-order valence-electron chi connectivity index (χ3n) is 5.83. The Kier molecular flexibility index (Phi) is 6.98. The molecule has 0 atom stereocenters. The van der Waals surface area contributed by atoms with Crippen LogP contribution in [0.1, 0.15) is 5.56 Å². The number of amides is 3. The smallest absolute Gasteiger partial charge is 0.270 e. The molecule has 0 saturated carbocycles. The van der Waals surface area contributed by atoms with Gasteiger partial charge in [-0.25, -0.2) is 4.39 Å². The van der Waals surface area contributed by atoms with Crippen LogP contribution in [-0.4, -0.2) is 27.4 Å². The van der Waals surface area contributed by atoms with E-state index in [1.165, 1.54) is 30.3 Å². The van der Waals surface area contributed by atoms with Crippen molar-refractivity contribution in [1.82, 2.24) is 9.88 Å². The van der Waals surface area contributed by atoms with Crippen molar-refractivity contribution < 1.29 is 18.8 Å². The fourth-order valence-electron chi connectivity index (χ4n) is 4.11. The standard InChI is InChI=1S/C27H17Cl2FN4O3S/c28-20-5-3-7-22(24(20)29)34-26(37)19(25(36)32-27(34)38)12-15-13-33(21-6-2-1-4-18(15)21)14-23(35)31-17-10-8-16(30)9-11-17/h1-13H,14H2,(H,31,35)(H,32,36,38)/b19-12+. The molecule has 190 valence electrons. The predicted molar refractivity (Wildman–Crippen MR) is 150 cm³/mol. The number of aromatic nitrogens is 1. The number of fused-ring (bicyclic) bond motifs is 1. The Morgan fingerprint density at radius 2 is 1.76 bits per heavy atom. The number of nitrogens with one attached hydrogen (secondary N) is 2. The van der Waals surface area contributed by atoms with Gasteiger partial charge in [0.15, 0.2) is 5.11 Å². The lowest BCUT2D eigenvalue weighted by molar-refractivity contribution is -0.122. The largest absolute Gasteiger partial charge is 0.337 e. The van der Waals surface area contributed by atoms with Crippen LogP contribution in [0.15, 0.2) is 78.5 Å². The molecule has 1 aliphatic rings. The third kappa shape index (κ3) is 4.91. The van der Waals surface area contributed by atoms with Crippen molar-refractivity contribution in [1.29, 1.82) is 0 Å². The van der Waals surface area contributed by atoms with Gasteiger partial charge in [-0.15, -0.1) is 0 Å². The number of anilines is 2. The molecule has 0 bridgehead atoms. The van der Waals surface area contributed by atoms with Gasteiger partial charge >= 0.3 is 0 Å². The monoisotopic (exact) mass is 566 g/mol. The zero-order valence-corrected chi connectivity index (χ0v) is 21.7. The molecule has 1 saturated heterocycles. The second-order valence-corrected chi connectivity index (χ2v) is 9.49. The molecule has 1 aliphatic heterocycles. The summed E-state index contributed by atoms with van der Waals surface area (Å²) in [5, 5.41) is 6.18. The number of thiocarbonyl (C=S) groups is 1. The molecule has 4 aromatic rings. The van der Waals surface area contributed by atoms with Gasteiger partial charge in [0.1, 0.15) is 17.9 Å². The molecule has 38 heavy (non-hydrogen) atoms. The zero-order chi connectivity index (χ0) is 27.0. The van der Waals surface area contributed by atoms with Gasteiger partial charge in [-0.3, -0.25) is 24.6 Å². The normalized spacial score (nSPS) is 14.8. The number of para-hydroxylation sites is 1. The highest BCUT2D eigenvalue weighted by atomic mass is 35.5. The molecule has 5 rings (SSSR count). The Bertz CT molecular complexity index is 1670. The average molecular weight is 567 g/mol. The molecule has 3 aromatic carbocycles. The van der Waals surface area contributed by atoms with Gasteiger partial charge in [0.2, 0.25) is 5.91 Å². The summed E-state index contributed by atoms with van der Waals surface area (Å²) in [7, 11) is 0. The lowest BCUT2D eigenvalue weighted by Gasteiger charge is -2.29. The number of halogens is 3.